The molecule has 0 aromatic heterocycles. The Bertz CT molecular complexity index is 562. The van der Waals surface area contributed by atoms with Gasteiger partial charge in [0.1, 0.15) is 0 Å². The largest absolute Gasteiger partial charge is 0.398 e. The van der Waals surface area contributed by atoms with Gasteiger partial charge in [-0.25, -0.2) is 0 Å². The molecule has 18 heavy (non-hydrogen) atoms. The van der Waals surface area contributed by atoms with E-state index in [1.807, 2.05) is 0 Å². The number of hydrogen-bond donors (Lipinski definition) is 2. The Hall–Kier alpha value is -1.54. The van der Waals surface area contributed by atoms with Gasteiger partial charge >= 0.3 is 0 Å². The first kappa shape index (κ1) is 11.5. The van der Waals surface area contributed by atoms with Crippen LogP contribution in [-0.2, 0) is 6.54 Å². The van der Waals surface area contributed by atoms with Gasteiger partial charge < -0.3 is 11.1 Å². The van der Waals surface area contributed by atoms with Gasteiger partial charge in [0.25, 0.3) is 0 Å². The second-order valence-corrected chi connectivity index (χ2v) is 5.29. The molecule has 0 bridgehead atoms. The summed E-state index contributed by atoms with van der Waals surface area (Å²) in [6.45, 7) is 3.15. The molecule has 0 saturated heterocycles. The van der Waals surface area contributed by atoms with Crippen molar-refractivity contribution in [1.29, 1.82) is 0 Å². The summed E-state index contributed by atoms with van der Waals surface area (Å²) in [5.41, 5.74) is 8.24. The van der Waals surface area contributed by atoms with Crippen molar-refractivity contribution < 1.29 is 0 Å². The fourth-order valence-electron chi connectivity index (χ4n) is 2.65. The maximum atomic E-state index is 6.12. The minimum Gasteiger partial charge on any atom is -0.398 e. The number of fused-ring (bicyclic) bond motifs is 1. The summed E-state index contributed by atoms with van der Waals surface area (Å²) in [6, 6.07) is 13.4. The van der Waals surface area contributed by atoms with Crippen molar-refractivity contribution in [3.8, 4) is 0 Å². The van der Waals surface area contributed by atoms with Gasteiger partial charge in [0.05, 0.1) is 0 Å². The molecule has 1 fully saturated rings. The summed E-state index contributed by atoms with van der Waals surface area (Å²) >= 11 is 0. The van der Waals surface area contributed by atoms with Gasteiger partial charge in [-0.3, -0.25) is 0 Å². The summed E-state index contributed by atoms with van der Waals surface area (Å²) in [5.74, 6) is 0.881. The molecule has 3 N–H and O–H groups in total. The third-order valence-electron chi connectivity index (χ3n) is 4.01. The first-order chi connectivity index (χ1) is 8.78. The third kappa shape index (κ3) is 2.21. The molecule has 0 amide bonds. The highest BCUT2D eigenvalue weighted by molar-refractivity contribution is 5.86. The summed E-state index contributed by atoms with van der Waals surface area (Å²) in [4.78, 5) is 0. The molecule has 2 heteroatoms. The number of hydrogen-bond acceptors (Lipinski definition) is 2. The topological polar surface area (TPSA) is 38.0 Å². The van der Waals surface area contributed by atoms with Gasteiger partial charge in [0.15, 0.2) is 0 Å². The number of nitrogen functional groups attached to an aromatic ring is 1. The van der Waals surface area contributed by atoms with Gasteiger partial charge in [0.2, 0.25) is 0 Å². The van der Waals surface area contributed by atoms with Crippen molar-refractivity contribution in [3.05, 3.63) is 42.0 Å². The highest BCUT2D eigenvalue weighted by Gasteiger charge is 2.34. The Morgan fingerprint density at radius 2 is 1.94 bits per heavy atom. The Morgan fingerprint density at radius 1 is 1.22 bits per heavy atom. The molecule has 0 radical (unpaired) electrons. The van der Waals surface area contributed by atoms with Gasteiger partial charge in [-0.05, 0) is 40.8 Å². The molecule has 3 rings (SSSR count). The smallest absolute Gasteiger partial charge is 0.0366 e. The Labute approximate surface area is 108 Å². The van der Waals surface area contributed by atoms with Crippen LogP contribution in [0, 0.1) is 5.92 Å². The van der Waals surface area contributed by atoms with Crippen molar-refractivity contribution in [2.75, 3.05) is 5.73 Å². The lowest BCUT2D eigenvalue weighted by molar-refractivity contribution is 0.624. The van der Waals surface area contributed by atoms with Crippen LogP contribution in [-0.4, -0.2) is 6.04 Å². The third-order valence-corrected chi connectivity index (χ3v) is 4.01. The van der Waals surface area contributed by atoms with E-state index in [0.29, 0.717) is 6.04 Å². The van der Waals surface area contributed by atoms with Crippen LogP contribution in [0.4, 0.5) is 5.69 Å². The minimum atomic E-state index is 0.709. The lowest BCUT2D eigenvalue weighted by Crippen LogP contribution is -2.18. The normalized spacial score (nSPS) is 22.3. The molecule has 2 aromatic carbocycles. The molecule has 2 aromatic rings. The summed E-state index contributed by atoms with van der Waals surface area (Å²) in [6.07, 6.45) is 2.61. The van der Waals surface area contributed by atoms with Crippen LogP contribution in [0.3, 0.4) is 0 Å². The van der Waals surface area contributed by atoms with E-state index in [2.05, 4.69) is 48.6 Å². The van der Waals surface area contributed by atoms with Gasteiger partial charge in [-0.2, -0.15) is 0 Å². The zero-order chi connectivity index (χ0) is 12.5. The second-order valence-electron chi connectivity index (χ2n) is 5.29. The second kappa shape index (κ2) is 4.62. The van der Waals surface area contributed by atoms with E-state index in [-0.39, 0.29) is 0 Å². The summed E-state index contributed by atoms with van der Waals surface area (Å²) in [7, 11) is 0. The lowest BCUT2D eigenvalue weighted by atomic mass is 10.1. The van der Waals surface area contributed by atoms with Crippen molar-refractivity contribution in [1.82, 2.24) is 5.32 Å². The Balaban J connectivity index is 1.77. The van der Waals surface area contributed by atoms with Crippen LogP contribution in [0.15, 0.2) is 36.4 Å². The lowest BCUT2D eigenvalue weighted by Gasteiger charge is -2.09. The van der Waals surface area contributed by atoms with Crippen molar-refractivity contribution in [3.63, 3.8) is 0 Å². The molecule has 2 unspecified atom stereocenters. The maximum Gasteiger partial charge on any atom is 0.0366 e. The molecular formula is C16H20N2. The first-order valence-electron chi connectivity index (χ1n) is 6.78. The van der Waals surface area contributed by atoms with E-state index in [4.69, 9.17) is 5.73 Å². The molecular weight excluding hydrogens is 220 g/mol. The number of anilines is 1. The Kier molecular flexibility index (Phi) is 2.96. The van der Waals surface area contributed by atoms with Crippen LogP contribution in [0.5, 0.6) is 0 Å². The molecule has 2 nitrogen and oxygen atoms in total. The fourth-order valence-corrected chi connectivity index (χ4v) is 2.65. The number of benzene rings is 2. The van der Waals surface area contributed by atoms with E-state index in [0.717, 1.165) is 18.2 Å². The van der Waals surface area contributed by atoms with Crippen LogP contribution in [0.2, 0.25) is 0 Å². The molecule has 1 aliphatic rings. The minimum absolute atomic E-state index is 0.709. The number of nitrogens with two attached hydrogens (primary N) is 1. The van der Waals surface area contributed by atoms with Crippen molar-refractivity contribution in [2.24, 2.45) is 5.92 Å². The highest BCUT2D eigenvalue weighted by atomic mass is 15.0. The zero-order valence-corrected chi connectivity index (χ0v) is 10.8. The monoisotopic (exact) mass is 240 g/mol. The standard InChI is InChI=1S/C16H20N2/c1-2-11-9-16(11)18-10-14-7-12-5-3-4-6-13(12)8-15(14)17/h3-8,11,16,18H,2,9-10,17H2,1H3. The predicted octanol–water partition coefficient (Wildman–Crippen LogP) is 3.31. The molecule has 1 aliphatic carbocycles. The van der Waals surface area contributed by atoms with Crippen LogP contribution in [0.25, 0.3) is 10.8 Å². The maximum absolute atomic E-state index is 6.12. The molecule has 0 heterocycles. The molecule has 94 valence electrons. The van der Waals surface area contributed by atoms with Crippen LogP contribution in [0.1, 0.15) is 25.3 Å². The van der Waals surface area contributed by atoms with E-state index >= 15 is 0 Å². The van der Waals surface area contributed by atoms with Gasteiger partial charge in [-0.15, -0.1) is 0 Å². The first-order valence-corrected chi connectivity index (χ1v) is 6.78. The SMILES string of the molecule is CCC1CC1NCc1cc2ccccc2cc1N. The number of rotatable bonds is 4. The van der Waals surface area contributed by atoms with Gasteiger partial charge in [-0.1, -0.05) is 37.6 Å². The number of nitrogens with one attached hydrogen (secondary N) is 1. The van der Waals surface area contributed by atoms with Crippen molar-refractivity contribution in [2.45, 2.75) is 32.4 Å². The van der Waals surface area contributed by atoms with Crippen molar-refractivity contribution >= 4 is 16.5 Å². The van der Waals surface area contributed by atoms with E-state index in [1.165, 1.54) is 29.2 Å². The van der Waals surface area contributed by atoms with E-state index in [1.54, 1.807) is 0 Å². The molecule has 0 aliphatic heterocycles. The Morgan fingerprint density at radius 3 is 2.61 bits per heavy atom. The molecule has 0 spiro atoms. The predicted molar refractivity (Wildman–Crippen MR) is 77.4 cm³/mol. The van der Waals surface area contributed by atoms with Crippen LogP contribution >= 0.6 is 0 Å². The van der Waals surface area contributed by atoms with Crippen LogP contribution < -0.4 is 11.1 Å². The molecule has 2 atom stereocenters. The van der Waals surface area contributed by atoms with Gasteiger partial charge in [0, 0.05) is 18.3 Å². The average molecular weight is 240 g/mol. The molecule has 1 saturated carbocycles. The summed E-state index contributed by atoms with van der Waals surface area (Å²) < 4.78 is 0. The van der Waals surface area contributed by atoms with E-state index < -0.39 is 0 Å². The summed E-state index contributed by atoms with van der Waals surface area (Å²) in [5, 5.41) is 6.09. The fraction of sp³-hybridized carbons (Fsp3) is 0.375. The van der Waals surface area contributed by atoms with E-state index in [9.17, 15) is 0 Å². The average Bonchev–Trinajstić information content (AvgIpc) is 3.15. The zero-order valence-electron chi connectivity index (χ0n) is 10.8. The quantitative estimate of drug-likeness (QED) is 0.805. The highest BCUT2D eigenvalue weighted by Crippen LogP contribution is 2.33.